The standard InChI is InChI=1S/C26H21ClF3NO5S/c27-20-5-1-3-17(13-20)7-8-18-9-11-24-23(14-18)31(16-21(36-24)10-12-25(32)33)37(34,35)22-6-2-4-19(15-22)26(28,29)30/h1-9,11,13-15,21H,10,12,16H2,(H,32,33)/b8-7+/t21-/m0/s1. The van der Waals surface area contributed by atoms with Crippen molar-refractivity contribution in [2.24, 2.45) is 0 Å². The van der Waals surface area contributed by atoms with Crippen molar-refractivity contribution in [2.45, 2.75) is 30.0 Å². The average molecular weight is 552 g/mol. The molecule has 0 unspecified atom stereocenters. The normalized spacial score (nSPS) is 15.9. The van der Waals surface area contributed by atoms with Crippen LogP contribution in [-0.4, -0.2) is 32.1 Å². The van der Waals surface area contributed by atoms with Crippen molar-refractivity contribution in [3.8, 4) is 5.75 Å². The van der Waals surface area contributed by atoms with Crippen LogP contribution in [0.1, 0.15) is 29.5 Å². The summed E-state index contributed by atoms with van der Waals surface area (Å²) in [5, 5.41) is 9.59. The maximum Gasteiger partial charge on any atom is 0.416 e. The Hall–Kier alpha value is -3.50. The molecule has 0 aromatic heterocycles. The third kappa shape index (κ3) is 6.26. The highest BCUT2D eigenvalue weighted by Crippen LogP contribution is 2.40. The molecule has 11 heteroatoms. The summed E-state index contributed by atoms with van der Waals surface area (Å²) in [5.74, 6) is -0.903. The first-order valence-corrected chi connectivity index (χ1v) is 12.9. The maximum atomic E-state index is 13.6. The van der Waals surface area contributed by atoms with Crippen molar-refractivity contribution < 1.29 is 36.2 Å². The van der Waals surface area contributed by atoms with Crippen LogP contribution in [0.4, 0.5) is 18.9 Å². The van der Waals surface area contributed by atoms with Crippen LogP contribution in [0.3, 0.4) is 0 Å². The number of hydrogen-bond donors (Lipinski definition) is 1. The van der Waals surface area contributed by atoms with E-state index in [1.807, 2.05) is 6.07 Å². The van der Waals surface area contributed by atoms with Crippen molar-refractivity contribution in [3.63, 3.8) is 0 Å². The number of sulfonamides is 1. The first-order valence-electron chi connectivity index (χ1n) is 11.1. The number of nitrogens with zero attached hydrogens (tertiary/aromatic N) is 1. The Bertz CT molecular complexity index is 1460. The number of halogens is 4. The number of carboxylic acid groups (broad SMARTS) is 1. The zero-order valence-electron chi connectivity index (χ0n) is 19.2. The Morgan fingerprint density at radius 3 is 2.43 bits per heavy atom. The second kappa shape index (κ2) is 10.5. The van der Waals surface area contributed by atoms with Crippen molar-refractivity contribution in [2.75, 3.05) is 10.8 Å². The van der Waals surface area contributed by atoms with Gasteiger partial charge in [0, 0.05) is 11.4 Å². The molecule has 0 spiro atoms. The third-order valence-corrected chi connectivity index (χ3v) is 7.67. The molecule has 0 radical (unpaired) electrons. The Balaban J connectivity index is 1.75. The Morgan fingerprint density at radius 1 is 1.05 bits per heavy atom. The molecule has 1 atom stereocenters. The Labute approximate surface area is 216 Å². The Kier molecular flexibility index (Phi) is 7.52. The molecule has 3 aromatic rings. The molecule has 1 N–H and O–H groups in total. The lowest BCUT2D eigenvalue weighted by Crippen LogP contribution is -2.43. The molecule has 0 bridgehead atoms. The molecule has 0 amide bonds. The number of hydrogen-bond acceptors (Lipinski definition) is 4. The van der Waals surface area contributed by atoms with E-state index in [4.69, 9.17) is 21.4 Å². The largest absolute Gasteiger partial charge is 0.486 e. The van der Waals surface area contributed by atoms with Crippen LogP contribution < -0.4 is 9.04 Å². The van der Waals surface area contributed by atoms with Crippen molar-refractivity contribution >= 4 is 45.4 Å². The maximum absolute atomic E-state index is 13.6. The van der Waals surface area contributed by atoms with E-state index >= 15 is 0 Å². The summed E-state index contributed by atoms with van der Waals surface area (Å²) in [4.78, 5) is 10.5. The summed E-state index contributed by atoms with van der Waals surface area (Å²) in [6.07, 6.45) is -2.28. The van der Waals surface area contributed by atoms with Crippen LogP contribution in [0, 0.1) is 0 Å². The van der Waals surface area contributed by atoms with E-state index in [0.717, 1.165) is 28.1 Å². The zero-order valence-corrected chi connectivity index (χ0v) is 20.7. The average Bonchev–Trinajstić information content (AvgIpc) is 2.85. The van der Waals surface area contributed by atoms with Crippen LogP contribution in [0.2, 0.25) is 5.02 Å². The van der Waals surface area contributed by atoms with Gasteiger partial charge in [-0.15, -0.1) is 0 Å². The molecule has 1 aliphatic heterocycles. The van der Waals surface area contributed by atoms with Gasteiger partial charge in [-0.05, 0) is 60.0 Å². The molecule has 4 rings (SSSR count). The van der Waals surface area contributed by atoms with E-state index in [9.17, 15) is 26.4 Å². The molecule has 194 valence electrons. The number of ether oxygens (including phenoxy) is 1. The van der Waals surface area contributed by atoms with Crippen LogP contribution in [-0.2, 0) is 21.0 Å². The van der Waals surface area contributed by atoms with Crippen LogP contribution >= 0.6 is 11.6 Å². The fraction of sp³-hybridized carbons (Fsp3) is 0.192. The molecule has 0 saturated carbocycles. The lowest BCUT2D eigenvalue weighted by molar-refractivity contribution is -0.138. The highest BCUT2D eigenvalue weighted by Gasteiger charge is 2.37. The molecular formula is C26H21ClF3NO5S. The molecule has 1 aliphatic rings. The molecule has 3 aromatic carbocycles. The van der Waals surface area contributed by atoms with E-state index in [1.165, 1.54) is 0 Å². The van der Waals surface area contributed by atoms with E-state index in [2.05, 4.69) is 0 Å². The lowest BCUT2D eigenvalue weighted by atomic mass is 10.1. The number of fused-ring (bicyclic) bond motifs is 1. The number of aliphatic carboxylic acids is 1. The van der Waals surface area contributed by atoms with Crippen molar-refractivity contribution in [1.82, 2.24) is 0 Å². The van der Waals surface area contributed by atoms with Crippen molar-refractivity contribution in [1.29, 1.82) is 0 Å². The van der Waals surface area contributed by atoms with Gasteiger partial charge in [0.25, 0.3) is 10.0 Å². The number of benzene rings is 3. The highest BCUT2D eigenvalue weighted by atomic mass is 35.5. The zero-order chi connectivity index (χ0) is 26.8. The first-order chi connectivity index (χ1) is 17.4. The van der Waals surface area contributed by atoms with Gasteiger partial charge in [-0.2, -0.15) is 13.2 Å². The van der Waals surface area contributed by atoms with E-state index in [-0.39, 0.29) is 30.8 Å². The molecule has 0 saturated heterocycles. The molecular weight excluding hydrogens is 531 g/mol. The van der Waals surface area contributed by atoms with Gasteiger partial charge in [0.05, 0.1) is 22.7 Å². The second-order valence-corrected chi connectivity index (χ2v) is 10.6. The number of carboxylic acids is 1. The van der Waals surface area contributed by atoms with Gasteiger partial charge >= 0.3 is 12.1 Å². The summed E-state index contributed by atoms with van der Waals surface area (Å²) >= 11 is 6.02. The summed E-state index contributed by atoms with van der Waals surface area (Å²) < 4.78 is 73.9. The molecule has 0 aliphatic carbocycles. The van der Waals surface area contributed by atoms with Gasteiger partial charge in [0.15, 0.2) is 0 Å². The predicted octanol–water partition coefficient (Wildman–Crippen LogP) is 6.35. The van der Waals surface area contributed by atoms with Gasteiger partial charge in [0.1, 0.15) is 11.9 Å². The highest BCUT2D eigenvalue weighted by molar-refractivity contribution is 7.92. The summed E-state index contributed by atoms with van der Waals surface area (Å²) in [6, 6.07) is 15.4. The van der Waals surface area contributed by atoms with E-state index in [0.29, 0.717) is 16.7 Å². The van der Waals surface area contributed by atoms with Crippen LogP contribution in [0.25, 0.3) is 12.2 Å². The number of anilines is 1. The van der Waals surface area contributed by atoms with Crippen molar-refractivity contribution in [3.05, 3.63) is 88.4 Å². The quantitative estimate of drug-likeness (QED) is 0.346. The third-order valence-electron chi connectivity index (χ3n) is 5.66. The molecule has 0 fully saturated rings. The van der Waals surface area contributed by atoms with Crippen LogP contribution in [0.5, 0.6) is 5.75 Å². The lowest BCUT2D eigenvalue weighted by Gasteiger charge is -2.35. The van der Waals surface area contributed by atoms with Gasteiger partial charge in [-0.1, -0.05) is 48.0 Å². The van der Waals surface area contributed by atoms with Crippen LogP contribution in [0.15, 0.2) is 71.6 Å². The summed E-state index contributed by atoms with van der Waals surface area (Å²) in [7, 11) is -4.45. The monoisotopic (exact) mass is 551 g/mol. The van der Waals surface area contributed by atoms with Gasteiger partial charge < -0.3 is 9.84 Å². The van der Waals surface area contributed by atoms with Gasteiger partial charge in [-0.3, -0.25) is 9.10 Å². The topological polar surface area (TPSA) is 83.9 Å². The minimum absolute atomic E-state index is 0.0137. The fourth-order valence-corrected chi connectivity index (χ4v) is 5.60. The Morgan fingerprint density at radius 2 is 1.76 bits per heavy atom. The number of carbonyl (C=O) groups is 1. The molecule has 6 nitrogen and oxygen atoms in total. The minimum Gasteiger partial charge on any atom is -0.486 e. The second-order valence-electron chi connectivity index (χ2n) is 8.35. The summed E-state index contributed by atoms with van der Waals surface area (Å²) in [6.45, 7) is -0.264. The molecule has 37 heavy (non-hydrogen) atoms. The number of alkyl halides is 3. The van der Waals surface area contributed by atoms with E-state index < -0.39 is 38.7 Å². The minimum atomic E-state index is -4.73. The summed E-state index contributed by atoms with van der Waals surface area (Å²) in [5.41, 5.74) is 0.458. The predicted molar refractivity (Wildman–Crippen MR) is 134 cm³/mol. The number of rotatable bonds is 7. The smallest absolute Gasteiger partial charge is 0.416 e. The van der Waals surface area contributed by atoms with Gasteiger partial charge in [0.2, 0.25) is 0 Å². The first kappa shape index (κ1) is 26.6. The molecule has 1 heterocycles. The fourth-order valence-electron chi connectivity index (χ4n) is 3.86. The van der Waals surface area contributed by atoms with Gasteiger partial charge in [-0.25, -0.2) is 8.42 Å². The SMILES string of the molecule is O=C(O)CC[C@H]1CN(S(=O)(=O)c2cccc(C(F)(F)F)c2)c2cc(/C=C/c3cccc(Cl)c3)ccc2O1. The van der Waals surface area contributed by atoms with E-state index in [1.54, 1.807) is 48.6 Å².